The van der Waals surface area contributed by atoms with Gasteiger partial charge in [0.25, 0.3) is 5.91 Å². The Kier molecular flexibility index (Phi) is 2.35. The Morgan fingerprint density at radius 3 is 3.06 bits per heavy atom. The van der Waals surface area contributed by atoms with E-state index in [9.17, 15) is 4.79 Å². The molecule has 2 heterocycles. The van der Waals surface area contributed by atoms with Gasteiger partial charge in [0.2, 0.25) is 0 Å². The van der Waals surface area contributed by atoms with Crippen molar-refractivity contribution in [3.05, 3.63) is 34.9 Å². The van der Waals surface area contributed by atoms with E-state index in [1.165, 1.54) is 10.6 Å². The predicted molar refractivity (Wildman–Crippen MR) is 62.6 cm³/mol. The molecule has 0 aliphatic carbocycles. The summed E-state index contributed by atoms with van der Waals surface area (Å²) in [6.07, 6.45) is 0. The molecule has 8 heteroatoms. The van der Waals surface area contributed by atoms with Crippen LogP contribution in [0.3, 0.4) is 0 Å². The molecular formula is C10H6ClN5O2. The van der Waals surface area contributed by atoms with Gasteiger partial charge in [0.1, 0.15) is 0 Å². The summed E-state index contributed by atoms with van der Waals surface area (Å²) in [5.74, 6) is -0.698. The van der Waals surface area contributed by atoms with E-state index in [4.69, 9.17) is 16.8 Å². The van der Waals surface area contributed by atoms with E-state index in [0.29, 0.717) is 15.9 Å². The number of halogens is 1. The maximum absolute atomic E-state index is 11.6. The molecule has 0 fully saturated rings. The van der Waals surface area contributed by atoms with Crippen LogP contribution in [0.1, 0.15) is 10.4 Å². The number of amides is 1. The second kappa shape index (κ2) is 3.90. The topological polar surface area (TPSA) is 92.4 Å². The van der Waals surface area contributed by atoms with E-state index < -0.39 is 5.91 Å². The van der Waals surface area contributed by atoms with Crippen LogP contribution in [-0.2, 0) is 0 Å². The van der Waals surface area contributed by atoms with Crippen molar-refractivity contribution < 1.29 is 10.0 Å². The Hall–Kier alpha value is -2.25. The fourth-order valence-electron chi connectivity index (χ4n) is 1.81. The molecule has 2 aromatic heterocycles. The van der Waals surface area contributed by atoms with Crippen molar-refractivity contribution in [1.29, 1.82) is 0 Å². The number of hydrogen-bond donors (Lipinski definition) is 2. The zero-order chi connectivity index (χ0) is 12.7. The van der Waals surface area contributed by atoms with Gasteiger partial charge in [-0.15, -0.1) is 5.10 Å². The summed E-state index contributed by atoms with van der Waals surface area (Å²) in [5.41, 5.74) is 2.62. The Morgan fingerprint density at radius 1 is 1.44 bits per heavy atom. The van der Waals surface area contributed by atoms with E-state index in [-0.39, 0.29) is 11.2 Å². The van der Waals surface area contributed by atoms with Crippen molar-refractivity contribution in [1.82, 2.24) is 25.5 Å². The maximum atomic E-state index is 11.6. The molecule has 1 aromatic carbocycles. The minimum Gasteiger partial charge on any atom is -0.288 e. The lowest BCUT2D eigenvalue weighted by Gasteiger charge is -2.05. The van der Waals surface area contributed by atoms with Gasteiger partial charge in [-0.25, -0.2) is 5.48 Å². The van der Waals surface area contributed by atoms with Crippen molar-refractivity contribution in [3.63, 3.8) is 0 Å². The Balaban J connectivity index is 2.51. The minimum absolute atomic E-state index is 0.142. The summed E-state index contributed by atoms with van der Waals surface area (Å²) in [5, 5.41) is 20.9. The third-order valence-electron chi connectivity index (χ3n) is 2.60. The molecule has 3 rings (SSSR count). The van der Waals surface area contributed by atoms with Crippen LogP contribution in [0.5, 0.6) is 0 Å². The van der Waals surface area contributed by atoms with Crippen LogP contribution in [0.2, 0.25) is 5.02 Å². The molecule has 0 bridgehead atoms. The Morgan fingerprint density at radius 2 is 2.28 bits per heavy atom. The molecule has 0 unspecified atom stereocenters. The minimum atomic E-state index is -0.698. The molecule has 3 aromatic rings. The first-order chi connectivity index (χ1) is 8.72. The lowest BCUT2D eigenvalue weighted by molar-refractivity contribution is 0.0707. The summed E-state index contributed by atoms with van der Waals surface area (Å²) in [4.78, 5) is 11.6. The van der Waals surface area contributed by atoms with Crippen LogP contribution in [-0.4, -0.2) is 31.2 Å². The van der Waals surface area contributed by atoms with Gasteiger partial charge >= 0.3 is 0 Å². The maximum Gasteiger partial charge on any atom is 0.278 e. The first kappa shape index (κ1) is 10.9. The average Bonchev–Trinajstić information content (AvgIpc) is 2.87. The summed E-state index contributed by atoms with van der Waals surface area (Å²) in [6.45, 7) is 0. The first-order valence-corrected chi connectivity index (χ1v) is 5.34. The van der Waals surface area contributed by atoms with E-state index >= 15 is 0 Å². The number of hydrogen-bond acceptors (Lipinski definition) is 5. The van der Waals surface area contributed by atoms with Crippen molar-refractivity contribution in [2.24, 2.45) is 0 Å². The number of aromatic nitrogens is 4. The molecular weight excluding hydrogens is 258 g/mol. The molecule has 7 nitrogen and oxygen atoms in total. The second-order valence-electron chi connectivity index (χ2n) is 3.59. The summed E-state index contributed by atoms with van der Waals surface area (Å²) >= 11 is 6.07. The molecule has 2 N–H and O–H groups in total. The lowest BCUT2D eigenvalue weighted by atomic mass is 10.1. The molecule has 90 valence electrons. The number of carbonyl (C=O) groups excluding carboxylic acids is 1. The van der Waals surface area contributed by atoms with Crippen LogP contribution in [0.25, 0.3) is 16.6 Å². The van der Waals surface area contributed by atoms with E-state index in [2.05, 4.69) is 15.5 Å². The van der Waals surface area contributed by atoms with Crippen LogP contribution in [0.15, 0.2) is 24.3 Å². The van der Waals surface area contributed by atoms with Crippen LogP contribution >= 0.6 is 11.6 Å². The smallest absolute Gasteiger partial charge is 0.278 e. The number of benzene rings is 1. The van der Waals surface area contributed by atoms with Gasteiger partial charge in [-0.3, -0.25) is 10.0 Å². The molecule has 0 aliphatic rings. The number of carbonyl (C=O) groups is 1. The molecule has 18 heavy (non-hydrogen) atoms. The van der Waals surface area contributed by atoms with Crippen molar-refractivity contribution in [3.8, 4) is 0 Å². The highest BCUT2D eigenvalue weighted by Crippen LogP contribution is 2.25. The first-order valence-electron chi connectivity index (χ1n) is 4.96. The van der Waals surface area contributed by atoms with Gasteiger partial charge in [0.05, 0.1) is 11.1 Å². The predicted octanol–water partition coefficient (Wildman–Crippen LogP) is 1.05. The number of hydroxylamine groups is 1. The number of tetrazole rings is 1. The second-order valence-corrected chi connectivity index (χ2v) is 3.99. The van der Waals surface area contributed by atoms with E-state index in [1.54, 1.807) is 23.7 Å². The molecule has 1 amide bonds. The SMILES string of the molecule is O=C(NO)c1cc2c(Cl)cccc2n2nnnc12. The molecule has 0 radical (unpaired) electrons. The van der Waals surface area contributed by atoms with E-state index in [0.717, 1.165) is 0 Å². The molecule has 0 aliphatic heterocycles. The van der Waals surface area contributed by atoms with Gasteiger partial charge in [-0.05, 0) is 28.6 Å². The molecule has 0 saturated heterocycles. The van der Waals surface area contributed by atoms with Crippen LogP contribution < -0.4 is 5.48 Å². The van der Waals surface area contributed by atoms with Crippen molar-refractivity contribution in [2.45, 2.75) is 0 Å². The highest BCUT2D eigenvalue weighted by atomic mass is 35.5. The van der Waals surface area contributed by atoms with Crippen molar-refractivity contribution in [2.75, 3.05) is 0 Å². The fourth-order valence-corrected chi connectivity index (χ4v) is 2.03. The largest absolute Gasteiger partial charge is 0.288 e. The highest BCUT2D eigenvalue weighted by Gasteiger charge is 2.16. The lowest BCUT2D eigenvalue weighted by Crippen LogP contribution is -2.19. The fraction of sp³-hybridized carbons (Fsp3) is 0. The summed E-state index contributed by atoms with van der Waals surface area (Å²) in [7, 11) is 0. The van der Waals surface area contributed by atoms with Crippen LogP contribution in [0, 0.1) is 0 Å². The third kappa shape index (κ3) is 1.41. The van der Waals surface area contributed by atoms with Gasteiger partial charge in [0, 0.05) is 10.4 Å². The van der Waals surface area contributed by atoms with E-state index in [1.807, 2.05) is 0 Å². The summed E-state index contributed by atoms with van der Waals surface area (Å²) in [6, 6.07) is 6.78. The van der Waals surface area contributed by atoms with Gasteiger partial charge in [-0.1, -0.05) is 17.7 Å². The zero-order valence-corrected chi connectivity index (χ0v) is 9.59. The number of pyridine rings is 1. The highest BCUT2D eigenvalue weighted by molar-refractivity contribution is 6.35. The monoisotopic (exact) mass is 263 g/mol. The number of fused-ring (bicyclic) bond motifs is 3. The van der Waals surface area contributed by atoms with Crippen LogP contribution in [0.4, 0.5) is 0 Å². The number of nitrogens with one attached hydrogen (secondary N) is 1. The Bertz CT molecular complexity index is 769. The van der Waals surface area contributed by atoms with Gasteiger partial charge in [-0.2, -0.15) is 4.52 Å². The molecule has 0 spiro atoms. The third-order valence-corrected chi connectivity index (χ3v) is 2.93. The van der Waals surface area contributed by atoms with Crippen molar-refractivity contribution >= 4 is 34.1 Å². The van der Waals surface area contributed by atoms with Gasteiger partial charge in [0.15, 0.2) is 5.65 Å². The number of nitrogens with zero attached hydrogens (tertiary/aromatic N) is 4. The molecule has 0 saturated carbocycles. The Labute approximate surface area is 105 Å². The zero-order valence-electron chi connectivity index (χ0n) is 8.83. The molecule has 0 atom stereocenters. The number of rotatable bonds is 1. The average molecular weight is 264 g/mol. The summed E-state index contributed by atoms with van der Waals surface area (Å²) < 4.78 is 1.39. The standard InChI is InChI=1S/C10H6ClN5O2/c11-7-2-1-3-8-5(7)4-6(10(17)13-18)9-12-14-15-16(8)9/h1-4,18H,(H,13,17). The quantitative estimate of drug-likeness (QED) is 0.506. The van der Waals surface area contributed by atoms with Gasteiger partial charge < -0.3 is 0 Å². The normalized spacial score (nSPS) is 11.0.